The molecule has 0 heterocycles. The number of aliphatic hydroxyl groups is 1. The van der Waals surface area contributed by atoms with E-state index in [0.717, 1.165) is 5.56 Å². The molecule has 1 unspecified atom stereocenters. The molecule has 0 saturated carbocycles. The second-order valence-corrected chi connectivity index (χ2v) is 5.50. The lowest BCUT2D eigenvalue weighted by molar-refractivity contribution is -0.0271. The summed E-state index contributed by atoms with van der Waals surface area (Å²) in [6.45, 7) is 7.82. The molecule has 0 aliphatic heterocycles. The zero-order chi connectivity index (χ0) is 14.6. The lowest BCUT2D eigenvalue weighted by atomic mass is 9.94. The highest BCUT2D eigenvalue weighted by molar-refractivity contribution is 5.43. The van der Waals surface area contributed by atoms with E-state index in [9.17, 15) is 5.11 Å². The zero-order valence-electron chi connectivity index (χ0n) is 12.4. The van der Waals surface area contributed by atoms with Crippen molar-refractivity contribution in [1.82, 2.24) is 0 Å². The molecule has 1 aromatic carbocycles. The molecular weight excluding hydrogens is 242 g/mol. The summed E-state index contributed by atoms with van der Waals surface area (Å²) in [7, 11) is 1.59. The Labute approximate surface area is 115 Å². The predicted octanol–water partition coefficient (Wildman–Crippen LogP) is 2.50. The summed E-state index contributed by atoms with van der Waals surface area (Å²) in [5, 5.41) is 10.2. The van der Waals surface area contributed by atoms with Crippen LogP contribution in [0, 0.1) is 5.92 Å². The van der Waals surface area contributed by atoms with Crippen molar-refractivity contribution >= 4 is 0 Å². The van der Waals surface area contributed by atoms with E-state index in [1.54, 1.807) is 14.0 Å². The summed E-state index contributed by atoms with van der Waals surface area (Å²) in [4.78, 5) is 0. The number of ether oxygens (including phenoxy) is 2. The fourth-order valence-corrected chi connectivity index (χ4v) is 1.48. The normalized spacial score (nSPS) is 16.0. The highest BCUT2D eigenvalue weighted by atomic mass is 16.5. The van der Waals surface area contributed by atoms with Gasteiger partial charge in [-0.05, 0) is 37.5 Å². The molecule has 4 nitrogen and oxygen atoms in total. The Morgan fingerprint density at radius 2 is 1.89 bits per heavy atom. The highest BCUT2D eigenvalue weighted by Gasteiger charge is 2.26. The number of nitrogens with two attached hydrogens (primary N) is 1. The first-order chi connectivity index (χ1) is 8.77. The summed E-state index contributed by atoms with van der Waals surface area (Å²) in [5.41, 5.74) is 5.95. The van der Waals surface area contributed by atoms with Gasteiger partial charge in [-0.2, -0.15) is 0 Å². The molecule has 4 heteroatoms. The molecular formula is C15H25NO3. The van der Waals surface area contributed by atoms with Crippen molar-refractivity contribution in [2.75, 3.05) is 13.7 Å². The first kappa shape index (κ1) is 15.8. The Bertz CT molecular complexity index is 414. The van der Waals surface area contributed by atoms with E-state index in [1.807, 2.05) is 39.0 Å². The summed E-state index contributed by atoms with van der Waals surface area (Å²) in [5.74, 6) is 1.36. The van der Waals surface area contributed by atoms with Gasteiger partial charge in [-0.3, -0.25) is 0 Å². The van der Waals surface area contributed by atoms with Crippen molar-refractivity contribution < 1.29 is 14.6 Å². The minimum atomic E-state index is -0.870. The third kappa shape index (κ3) is 4.11. The van der Waals surface area contributed by atoms with E-state index in [-0.39, 0.29) is 18.6 Å². The number of methoxy groups -OCH3 is 1. The second-order valence-electron chi connectivity index (χ2n) is 5.50. The number of benzene rings is 1. The Balaban J connectivity index is 2.84. The van der Waals surface area contributed by atoms with E-state index in [2.05, 4.69) is 0 Å². The van der Waals surface area contributed by atoms with Crippen LogP contribution < -0.4 is 15.2 Å². The van der Waals surface area contributed by atoms with E-state index < -0.39 is 5.60 Å². The zero-order valence-corrected chi connectivity index (χ0v) is 12.4. The molecule has 3 N–H and O–H groups in total. The van der Waals surface area contributed by atoms with Crippen molar-refractivity contribution in [2.24, 2.45) is 11.7 Å². The van der Waals surface area contributed by atoms with E-state index in [1.165, 1.54) is 0 Å². The van der Waals surface area contributed by atoms with Gasteiger partial charge >= 0.3 is 0 Å². The monoisotopic (exact) mass is 267 g/mol. The Morgan fingerprint density at radius 1 is 1.26 bits per heavy atom. The summed E-state index contributed by atoms with van der Waals surface area (Å²) < 4.78 is 11.0. The van der Waals surface area contributed by atoms with Crippen LogP contribution in [0.25, 0.3) is 0 Å². The van der Waals surface area contributed by atoms with Crippen LogP contribution in [0.15, 0.2) is 18.2 Å². The smallest absolute Gasteiger partial charge is 0.161 e. The molecule has 0 saturated heterocycles. The van der Waals surface area contributed by atoms with E-state index >= 15 is 0 Å². The first-order valence-electron chi connectivity index (χ1n) is 6.56. The molecule has 1 rings (SSSR count). The quantitative estimate of drug-likeness (QED) is 0.831. The van der Waals surface area contributed by atoms with Gasteiger partial charge in [-0.25, -0.2) is 0 Å². The molecule has 0 amide bonds. The fourth-order valence-electron chi connectivity index (χ4n) is 1.48. The molecule has 108 valence electrons. The average Bonchev–Trinajstić information content (AvgIpc) is 2.35. The van der Waals surface area contributed by atoms with Crippen molar-refractivity contribution in [3.05, 3.63) is 23.8 Å². The molecule has 1 aromatic rings. The Morgan fingerprint density at radius 3 is 2.37 bits per heavy atom. The van der Waals surface area contributed by atoms with Crippen LogP contribution in [-0.2, 0) is 0 Å². The predicted molar refractivity (Wildman–Crippen MR) is 76.6 cm³/mol. The fraction of sp³-hybridized carbons (Fsp3) is 0.600. The van der Waals surface area contributed by atoms with Crippen LogP contribution in [0.2, 0.25) is 0 Å². The Hall–Kier alpha value is -1.26. The molecule has 19 heavy (non-hydrogen) atoms. The van der Waals surface area contributed by atoms with Crippen LogP contribution in [0.4, 0.5) is 0 Å². The van der Waals surface area contributed by atoms with Crippen LogP contribution in [0.5, 0.6) is 11.5 Å². The van der Waals surface area contributed by atoms with Gasteiger partial charge in [0.15, 0.2) is 11.5 Å². The second kappa shape index (κ2) is 6.26. The van der Waals surface area contributed by atoms with Crippen molar-refractivity contribution in [3.8, 4) is 11.5 Å². The van der Waals surface area contributed by atoms with E-state index in [0.29, 0.717) is 11.5 Å². The molecule has 0 fully saturated rings. The van der Waals surface area contributed by atoms with Gasteiger partial charge in [-0.15, -0.1) is 0 Å². The lowest BCUT2D eigenvalue weighted by Gasteiger charge is -2.27. The number of hydrogen-bond acceptors (Lipinski definition) is 4. The highest BCUT2D eigenvalue weighted by Crippen LogP contribution is 2.31. The molecule has 0 spiro atoms. The number of hydrogen-bond donors (Lipinski definition) is 2. The van der Waals surface area contributed by atoms with Gasteiger partial charge in [0.05, 0.1) is 12.7 Å². The molecule has 0 bridgehead atoms. The SMILES string of the molecule is COc1cc([C@H](C)N)ccc1OCC(C)(O)C(C)C. The topological polar surface area (TPSA) is 64.7 Å². The largest absolute Gasteiger partial charge is 0.493 e. The van der Waals surface area contributed by atoms with Gasteiger partial charge in [0.2, 0.25) is 0 Å². The maximum absolute atomic E-state index is 10.2. The summed E-state index contributed by atoms with van der Waals surface area (Å²) in [6.07, 6.45) is 0. The minimum Gasteiger partial charge on any atom is -0.493 e. The van der Waals surface area contributed by atoms with Gasteiger partial charge in [-0.1, -0.05) is 19.9 Å². The van der Waals surface area contributed by atoms with E-state index in [4.69, 9.17) is 15.2 Å². The van der Waals surface area contributed by atoms with Crippen LogP contribution in [0.3, 0.4) is 0 Å². The maximum Gasteiger partial charge on any atom is 0.161 e. The van der Waals surface area contributed by atoms with Crippen molar-refractivity contribution in [3.63, 3.8) is 0 Å². The van der Waals surface area contributed by atoms with Crippen LogP contribution in [-0.4, -0.2) is 24.4 Å². The van der Waals surface area contributed by atoms with Gasteiger partial charge in [0.25, 0.3) is 0 Å². The lowest BCUT2D eigenvalue weighted by Crippen LogP contribution is -2.37. The standard InChI is InChI=1S/C15H25NO3/c1-10(2)15(4,17)9-19-13-7-6-12(11(3)16)8-14(13)18-5/h6-8,10-11,17H,9,16H2,1-5H3/t11-,15?/m0/s1. The van der Waals surface area contributed by atoms with Gasteiger partial charge < -0.3 is 20.3 Å². The Kier molecular flexibility index (Phi) is 5.20. The molecule has 0 aliphatic rings. The van der Waals surface area contributed by atoms with Crippen LogP contribution >= 0.6 is 0 Å². The first-order valence-corrected chi connectivity index (χ1v) is 6.56. The third-order valence-corrected chi connectivity index (χ3v) is 3.48. The molecule has 0 aromatic heterocycles. The molecule has 2 atom stereocenters. The molecule has 0 radical (unpaired) electrons. The van der Waals surface area contributed by atoms with Crippen molar-refractivity contribution in [1.29, 1.82) is 0 Å². The summed E-state index contributed by atoms with van der Waals surface area (Å²) >= 11 is 0. The van der Waals surface area contributed by atoms with Crippen molar-refractivity contribution in [2.45, 2.75) is 39.3 Å². The van der Waals surface area contributed by atoms with Crippen LogP contribution in [0.1, 0.15) is 39.3 Å². The number of rotatable bonds is 6. The minimum absolute atomic E-state index is 0.0540. The third-order valence-electron chi connectivity index (χ3n) is 3.48. The van der Waals surface area contributed by atoms with Gasteiger partial charge in [0.1, 0.15) is 6.61 Å². The molecule has 0 aliphatic carbocycles. The maximum atomic E-state index is 10.2. The van der Waals surface area contributed by atoms with Gasteiger partial charge in [0, 0.05) is 6.04 Å². The summed E-state index contributed by atoms with van der Waals surface area (Å²) in [6, 6.07) is 5.55. The average molecular weight is 267 g/mol.